The van der Waals surface area contributed by atoms with Crippen LogP contribution >= 0.6 is 0 Å². The smallest absolute Gasteiger partial charge is 0.419 e. The third kappa shape index (κ3) is 2.88. The molecule has 0 aliphatic rings. The van der Waals surface area contributed by atoms with E-state index in [1.54, 1.807) is 45.2 Å². The first-order chi connectivity index (χ1) is 10.9. The summed E-state index contributed by atoms with van der Waals surface area (Å²) in [7, 11) is 0. The van der Waals surface area contributed by atoms with Gasteiger partial charge in [-0.1, -0.05) is 18.2 Å². The highest BCUT2D eigenvalue weighted by atomic mass is 16.6. The van der Waals surface area contributed by atoms with Crippen molar-refractivity contribution in [2.45, 2.75) is 26.4 Å². The molecular weight excluding hydrogens is 294 g/mol. The van der Waals surface area contributed by atoms with Gasteiger partial charge in [-0.25, -0.2) is 9.48 Å². The van der Waals surface area contributed by atoms with Crippen LogP contribution in [0.1, 0.15) is 31.1 Å². The Morgan fingerprint density at radius 3 is 2.52 bits per heavy atom. The van der Waals surface area contributed by atoms with E-state index in [4.69, 9.17) is 4.74 Å². The van der Waals surface area contributed by atoms with Gasteiger partial charge in [0.25, 0.3) is 5.91 Å². The molecule has 2 aromatic heterocycles. The van der Waals surface area contributed by atoms with Crippen LogP contribution in [0.25, 0.3) is 10.9 Å². The average Bonchev–Trinajstić information content (AvgIpc) is 3.13. The Kier molecular flexibility index (Phi) is 3.52. The summed E-state index contributed by atoms with van der Waals surface area (Å²) in [5.74, 6) is -0.298. The highest BCUT2D eigenvalue weighted by Gasteiger charge is 2.23. The topological polar surface area (TPSA) is 66.1 Å². The van der Waals surface area contributed by atoms with Crippen LogP contribution in [-0.4, -0.2) is 31.9 Å². The fourth-order valence-electron chi connectivity index (χ4n) is 2.32. The lowest BCUT2D eigenvalue weighted by molar-refractivity contribution is 0.0544. The summed E-state index contributed by atoms with van der Waals surface area (Å²) < 4.78 is 8.00. The molecule has 1 aromatic carbocycles. The van der Waals surface area contributed by atoms with E-state index in [2.05, 4.69) is 5.10 Å². The number of para-hydroxylation sites is 1. The van der Waals surface area contributed by atoms with Crippen LogP contribution < -0.4 is 0 Å². The fraction of sp³-hybridized carbons (Fsp3) is 0.235. The first-order valence-corrected chi connectivity index (χ1v) is 7.24. The van der Waals surface area contributed by atoms with Gasteiger partial charge in [-0.2, -0.15) is 5.10 Å². The standard InChI is InChI=1S/C17H17N3O3/c1-17(2,3)23-16(22)19-11-13(12-7-4-5-8-14(12)19)15(21)20-10-6-9-18-20/h4-11H,1-3H3. The van der Waals surface area contributed by atoms with Crippen molar-refractivity contribution in [1.29, 1.82) is 0 Å². The molecule has 6 nitrogen and oxygen atoms in total. The molecular formula is C17H17N3O3. The monoisotopic (exact) mass is 311 g/mol. The molecule has 6 heteroatoms. The SMILES string of the molecule is CC(C)(C)OC(=O)n1cc(C(=O)n2cccn2)c2ccccc21. The maximum atomic E-state index is 12.6. The second-order valence-corrected chi connectivity index (χ2v) is 6.17. The number of rotatable bonds is 1. The molecule has 23 heavy (non-hydrogen) atoms. The predicted molar refractivity (Wildman–Crippen MR) is 85.5 cm³/mol. The van der Waals surface area contributed by atoms with E-state index >= 15 is 0 Å². The lowest BCUT2D eigenvalue weighted by Gasteiger charge is -2.19. The molecule has 0 unspecified atom stereocenters. The van der Waals surface area contributed by atoms with Gasteiger partial charge in [0, 0.05) is 24.0 Å². The largest absolute Gasteiger partial charge is 0.443 e. The molecule has 118 valence electrons. The predicted octanol–water partition coefficient (Wildman–Crippen LogP) is 3.31. The summed E-state index contributed by atoms with van der Waals surface area (Å²) in [5, 5.41) is 4.63. The molecule has 0 N–H and O–H groups in total. The van der Waals surface area contributed by atoms with Crippen LogP contribution in [0.15, 0.2) is 48.9 Å². The molecule has 0 atom stereocenters. The van der Waals surface area contributed by atoms with Gasteiger partial charge in [0.15, 0.2) is 0 Å². The molecule has 0 amide bonds. The second-order valence-electron chi connectivity index (χ2n) is 6.17. The van der Waals surface area contributed by atoms with Gasteiger partial charge in [0.1, 0.15) is 5.60 Å². The Balaban J connectivity index is 2.11. The minimum Gasteiger partial charge on any atom is -0.443 e. The van der Waals surface area contributed by atoms with Gasteiger partial charge in [0.05, 0.1) is 11.1 Å². The Labute approximate surface area is 133 Å². The van der Waals surface area contributed by atoms with E-state index in [0.29, 0.717) is 16.5 Å². The van der Waals surface area contributed by atoms with Crippen molar-refractivity contribution in [3.8, 4) is 0 Å². The molecule has 3 aromatic rings. The Hall–Kier alpha value is -2.89. The summed E-state index contributed by atoms with van der Waals surface area (Å²) in [6, 6.07) is 8.88. The lowest BCUT2D eigenvalue weighted by atomic mass is 10.1. The number of hydrogen-bond acceptors (Lipinski definition) is 4. The molecule has 0 aliphatic carbocycles. The molecule has 2 heterocycles. The van der Waals surface area contributed by atoms with Crippen LogP contribution in [0.5, 0.6) is 0 Å². The normalized spacial score (nSPS) is 11.6. The van der Waals surface area contributed by atoms with E-state index < -0.39 is 11.7 Å². The third-order valence-corrected chi connectivity index (χ3v) is 3.25. The third-order valence-electron chi connectivity index (χ3n) is 3.25. The summed E-state index contributed by atoms with van der Waals surface area (Å²) in [4.78, 5) is 25.0. The molecule has 0 bridgehead atoms. The van der Waals surface area contributed by atoms with Crippen LogP contribution in [0.2, 0.25) is 0 Å². The van der Waals surface area contributed by atoms with Gasteiger partial charge in [-0.05, 0) is 32.9 Å². The zero-order valence-corrected chi connectivity index (χ0v) is 13.2. The van der Waals surface area contributed by atoms with E-state index in [-0.39, 0.29) is 5.91 Å². The molecule has 0 spiro atoms. The Morgan fingerprint density at radius 2 is 1.87 bits per heavy atom. The first-order valence-electron chi connectivity index (χ1n) is 7.24. The van der Waals surface area contributed by atoms with Crippen molar-refractivity contribution in [2.75, 3.05) is 0 Å². The first kappa shape index (κ1) is 15.0. The van der Waals surface area contributed by atoms with Gasteiger partial charge >= 0.3 is 6.09 Å². The minimum atomic E-state index is -0.616. The van der Waals surface area contributed by atoms with Gasteiger partial charge < -0.3 is 4.74 Å². The highest BCUT2D eigenvalue weighted by Crippen LogP contribution is 2.23. The number of hydrogen-bond donors (Lipinski definition) is 0. The average molecular weight is 311 g/mol. The fourth-order valence-corrected chi connectivity index (χ4v) is 2.32. The van der Waals surface area contributed by atoms with Crippen LogP contribution in [0, 0.1) is 0 Å². The quantitative estimate of drug-likeness (QED) is 0.691. The second kappa shape index (κ2) is 5.39. The van der Waals surface area contributed by atoms with Crippen molar-refractivity contribution >= 4 is 22.9 Å². The number of carbonyl (C=O) groups excluding carboxylic acids is 2. The number of benzene rings is 1. The van der Waals surface area contributed by atoms with Crippen LogP contribution in [0.3, 0.4) is 0 Å². The summed E-state index contributed by atoms with van der Waals surface area (Å²) >= 11 is 0. The van der Waals surface area contributed by atoms with Crippen molar-refractivity contribution < 1.29 is 14.3 Å². The maximum Gasteiger partial charge on any atom is 0.419 e. The molecule has 3 rings (SSSR count). The van der Waals surface area contributed by atoms with Crippen LogP contribution in [0.4, 0.5) is 4.79 Å². The van der Waals surface area contributed by atoms with E-state index in [0.717, 1.165) is 0 Å². The van der Waals surface area contributed by atoms with Crippen molar-refractivity contribution in [1.82, 2.24) is 14.3 Å². The zero-order chi connectivity index (χ0) is 16.6. The van der Waals surface area contributed by atoms with Gasteiger partial charge in [-0.15, -0.1) is 0 Å². The van der Waals surface area contributed by atoms with E-state index in [9.17, 15) is 9.59 Å². The number of aromatic nitrogens is 3. The molecule has 0 fully saturated rings. The lowest BCUT2D eigenvalue weighted by Crippen LogP contribution is -2.26. The number of nitrogens with zero attached hydrogens (tertiary/aromatic N) is 3. The van der Waals surface area contributed by atoms with E-state index in [1.807, 2.05) is 12.1 Å². The molecule has 0 saturated heterocycles. The maximum absolute atomic E-state index is 12.6. The van der Waals surface area contributed by atoms with Crippen LogP contribution in [-0.2, 0) is 4.74 Å². The summed E-state index contributed by atoms with van der Waals surface area (Å²) in [6.45, 7) is 5.39. The number of ether oxygens (including phenoxy) is 1. The van der Waals surface area contributed by atoms with E-state index in [1.165, 1.54) is 21.6 Å². The Bertz CT molecular complexity index is 870. The van der Waals surface area contributed by atoms with Gasteiger partial charge in [-0.3, -0.25) is 9.36 Å². The summed E-state index contributed by atoms with van der Waals surface area (Å²) in [5.41, 5.74) is 0.404. The number of carbonyl (C=O) groups is 2. The Morgan fingerprint density at radius 1 is 1.13 bits per heavy atom. The minimum absolute atomic E-state index is 0.298. The van der Waals surface area contributed by atoms with Crippen molar-refractivity contribution in [2.24, 2.45) is 0 Å². The molecule has 0 aliphatic heterocycles. The molecule has 0 radical (unpaired) electrons. The van der Waals surface area contributed by atoms with Crippen molar-refractivity contribution in [3.63, 3.8) is 0 Å². The van der Waals surface area contributed by atoms with Crippen molar-refractivity contribution in [3.05, 3.63) is 54.5 Å². The van der Waals surface area contributed by atoms with Gasteiger partial charge in [0.2, 0.25) is 0 Å². The molecule has 0 saturated carbocycles. The number of fused-ring (bicyclic) bond motifs is 1. The summed E-state index contributed by atoms with van der Waals surface area (Å²) in [6.07, 6.45) is 4.09. The highest BCUT2D eigenvalue weighted by molar-refractivity contribution is 6.09. The zero-order valence-electron chi connectivity index (χ0n) is 13.2.